The molecule has 1 aromatic carbocycles. The molecule has 7 heteroatoms. The van der Waals surface area contributed by atoms with Crippen molar-refractivity contribution in [2.75, 3.05) is 6.54 Å². The number of nitrogens with one attached hydrogen (secondary N) is 1. The van der Waals surface area contributed by atoms with E-state index in [2.05, 4.69) is 39.6 Å². The van der Waals surface area contributed by atoms with Crippen LogP contribution in [-0.4, -0.2) is 37.5 Å². The van der Waals surface area contributed by atoms with Crippen molar-refractivity contribution in [3.05, 3.63) is 60.4 Å². The molecule has 0 bridgehead atoms. The summed E-state index contributed by atoms with van der Waals surface area (Å²) in [6.45, 7) is 4.66. The van der Waals surface area contributed by atoms with E-state index in [9.17, 15) is 4.79 Å². The fourth-order valence-corrected chi connectivity index (χ4v) is 3.81. The van der Waals surface area contributed by atoms with Gasteiger partial charge in [-0.05, 0) is 31.0 Å². The largest absolute Gasteiger partial charge is 0.355 e. The Morgan fingerprint density at radius 1 is 1.14 bits per heavy atom. The van der Waals surface area contributed by atoms with Gasteiger partial charge in [0.25, 0.3) is 0 Å². The number of carbonyl (C=O) groups is 1. The number of aromatic nitrogens is 4. The Bertz CT molecular complexity index is 898. The van der Waals surface area contributed by atoms with Gasteiger partial charge in [-0.15, -0.1) is 10.2 Å². The van der Waals surface area contributed by atoms with Crippen LogP contribution >= 0.6 is 11.8 Å². The second-order valence-corrected chi connectivity index (χ2v) is 7.93. The third kappa shape index (κ3) is 4.78. The molecule has 0 aliphatic rings. The summed E-state index contributed by atoms with van der Waals surface area (Å²) in [5.41, 5.74) is 2.20. The number of benzene rings is 1. The molecule has 0 saturated heterocycles. The second-order valence-electron chi connectivity index (χ2n) is 6.62. The number of pyridine rings is 1. The van der Waals surface area contributed by atoms with Crippen molar-refractivity contribution in [2.45, 2.75) is 36.6 Å². The van der Waals surface area contributed by atoms with Crippen LogP contribution in [-0.2, 0) is 11.8 Å². The fourth-order valence-electron chi connectivity index (χ4n) is 2.97. The van der Waals surface area contributed by atoms with Crippen LogP contribution in [0.4, 0.5) is 0 Å². The van der Waals surface area contributed by atoms with Crippen LogP contribution in [0.25, 0.3) is 11.4 Å². The third-order valence-electron chi connectivity index (χ3n) is 4.71. The lowest BCUT2D eigenvalue weighted by molar-refractivity contribution is -0.120. The minimum absolute atomic E-state index is 0.00726. The standard InChI is InChI=1S/C21H25N5OS/c1-4-16(17-8-6-5-7-9-17)14-23-20(27)15(2)28-21-25-24-19(26(21)3)18-10-12-22-13-11-18/h5-13,15-16H,4,14H2,1-3H3,(H,23,27)/t15-,16-/m1/s1. The predicted molar refractivity (Wildman–Crippen MR) is 112 cm³/mol. The van der Waals surface area contributed by atoms with Gasteiger partial charge < -0.3 is 9.88 Å². The maximum absolute atomic E-state index is 12.6. The lowest BCUT2D eigenvalue weighted by Gasteiger charge is -2.18. The number of hydrogen-bond acceptors (Lipinski definition) is 5. The average Bonchev–Trinajstić information content (AvgIpc) is 3.10. The van der Waals surface area contributed by atoms with E-state index in [-0.39, 0.29) is 11.2 Å². The number of thioether (sulfide) groups is 1. The van der Waals surface area contributed by atoms with Crippen molar-refractivity contribution in [2.24, 2.45) is 7.05 Å². The fraction of sp³-hybridized carbons (Fsp3) is 0.333. The maximum Gasteiger partial charge on any atom is 0.233 e. The zero-order valence-corrected chi connectivity index (χ0v) is 17.2. The highest BCUT2D eigenvalue weighted by molar-refractivity contribution is 8.00. The molecule has 1 N–H and O–H groups in total. The molecule has 2 heterocycles. The molecule has 2 atom stereocenters. The zero-order chi connectivity index (χ0) is 19.9. The highest BCUT2D eigenvalue weighted by Crippen LogP contribution is 2.25. The topological polar surface area (TPSA) is 72.7 Å². The first-order valence-electron chi connectivity index (χ1n) is 9.39. The molecule has 0 spiro atoms. The summed E-state index contributed by atoms with van der Waals surface area (Å²) in [5, 5.41) is 12.0. The molecule has 0 unspecified atom stereocenters. The van der Waals surface area contributed by atoms with Crippen LogP contribution < -0.4 is 5.32 Å². The maximum atomic E-state index is 12.6. The van der Waals surface area contributed by atoms with Crippen molar-refractivity contribution in [3.8, 4) is 11.4 Å². The normalized spacial score (nSPS) is 13.1. The van der Waals surface area contributed by atoms with Crippen molar-refractivity contribution < 1.29 is 4.79 Å². The molecule has 0 aliphatic heterocycles. The van der Waals surface area contributed by atoms with E-state index in [1.807, 2.05) is 48.9 Å². The van der Waals surface area contributed by atoms with Crippen LogP contribution in [0.15, 0.2) is 60.0 Å². The molecule has 28 heavy (non-hydrogen) atoms. The lowest BCUT2D eigenvalue weighted by atomic mass is 9.96. The van der Waals surface area contributed by atoms with Gasteiger partial charge in [0.05, 0.1) is 5.25 Å². The molecule has 2 aromatic heterocycles. The monoisotopic (exact) mass is 395 g/mol. The molecule has 0 aliphatic carbocycles. The van der Waals surface area contributed by atoms with Gasteiger partial charge >= 0.3 is 0 Å². The van der Waals surface area contributed by atoms with E-state index in [1.165, 1.54) is 17.3 Å². The van der Waals surface area contributed by atoms with E-state index in [0.717, 1.165) is 17.8 Å². The molecule has 3 rings (SSSR count). The Kier molecular flexibility index (Phi) is 6.81. The zero-order valence-electron chi connectivity index (χ0n) is 16.4. The number of hydrogen-bond donors (Lipinski definition) is 1. The van der Waals surface area contributed by atoms with Gasteiger partial charge in [0.15, 0.2) is 11.0 Å². The Morgan fingerprint density at radius 3 is 2.54 bits per heavy atom. The molecule has 6 nitrogen and oxygen atoms in total. The molecule has 146 valence electrons. The SMILES string of the molecule is CC[C@H](CNC(=O)[C@@H](C)Sc1nnc(-c2ccncc2)n1C)c1ccccc1. The molecule has 0 radical (unpaired) electrons. The smallest absolute Gasteiger partial charge is 0.233 e. The van der Waals surface area contributed by atoms with Crippen LogP contribution in [0, 0.1) is 0 Å². The molecular weight excluding hydrogens is 370 g/mol. The van der Waals surface area contributed by atoms with Crippen molar-refractivity contribution in [1.82, 2.24) is 25.1 Å². The van der Waals surface area contributed by atoms with Crippen molar-refractivity contribution in [1.29, 1.82) is 0 Å². The summed E-state index contributed by atoms with van der Waals surface area (Å²) in [6.07, 6.45) is 4.43. The van der Waals surface area contributed by atoms with E-state index in [4.69, 9.17) is 0 Å². The van der Waals surface area contributed by atoms with Crippen LogP contribution in [0.5, 0.6) is 0 Å². The van der Waals surface area contributed by atoms with Crippen LogP contribution in [0.1, 0.15) is 31.7 Å². The number of rotatable bonds is 8. The van der Waals surface area contributed by atoms with E-state index in [1.54, 1.807) is 12.4 Å². The number of carbonyl (C=O) groups excluding carboxylic acids is 1. The van der Waals surface area contributed by atoms with Gasteiger partial charge in [0.1, 0.15) is 0 Å². The number of amides is 1. The Hall–Kier alpha value is -2.67. The molecule has 1 amide bonds. The van der Waals surface area contributed by atoms with Crippen molar-refractivity contribution >= 4 is 17.7 Å². The molecule has 0 saturated carbocycles. The average molecular weight is 396 g/mol. The van der Waals surface area contributed by atoms with E-state index >= 15 is 0 Å². The molecule has 3 aromatic rings. The summed E-state index contributed by atoms with van der Waals surface area (Å²) in [5.74, 6) is 1.08. The second kappa shape index (κ2) is 9.50. The van der Waals surface area contributed by atoms with Gasteiger partial charge in [-0.2, -0.15) is 0 Å². The summed E-state index contributed by atoms with van der Waals surface area (Å²) in [7, 11) is 1.91. The quantitative estimate of drug-likeness (QED) is 0.589. The first-order chi connectivity index (χ1) is 13.6. The Labute approximate surface area is 169 Å². The highest BCUT2D eigenvalue weighted by atomic mass is 32.2. The first-order valence-corrected chi connectivity index (χ1v) is 10.3. The minimum Gasteiger partial charge on any atom is -0.355 e. The highest BCUT2D eigenvalue weighted by Gasteiger charge is 2.20. The predicted octanol–water partition coefficient (Wildman–Crippen LogP) is 3.67. The minimum atomic E-state index is -0.263. The van der Waals surface area contributed by atoms with Crippen molar-refractivity contribution in [3.63, 3.8) is 0 Å². The summed E-state index contributed by atoms with van der Waals surface area (Å²) < 4.78 is 1.91. The van der Waals surface area contributed by atoms with Gasteiger partial charge in [0.2, 0.25) is 5.91 Å². The van der Waals surface area contributed by atoms with Crippen LogP contribution in [0.3, 0.4) is 0 Å². The molecule has 0 fully saturated rings. The third-order valence-corrected chi connectivity index (χ3v) is 5.85. The molecular formula is C21H25N5OS. The number of nitrogens with zero attached hydrogens (tertiary/aromatic N) is 4. The lowest BCUT2D eigenvalue weighted by Crippen LogP contribution is -2.34. The Morgan fingerprint density at radius 2 is 1.86 bits per heavy atom. The Balaban J connectivity index is 1.59. The van der Waals surface area contributed by atoms with Gasteiger partial charge in [-0.1, -0.05) is 49.0 Å². The van der Waals surface area contributed by atoms with E-state index in [0.29, 0.717) is 17.6 Å². The summed E-state index contributed by atoms with van der Waals surface area (Å²) in [6, 6.07) is 14.1. The van der Waals surface area contributed by atoms with Gasteiger partial charge in [0, 0.05) is 37.5 Å². The summed E-state index contributed by atoms with van der Waals surface area (Å²) in [4.78, 5) is 16.6. The summed E-state index contributed by atoms with van der Waals surface area (Å²) >= 11 is 1.41. The van der Waals surface area contributed by atoms with E-state index < -0.39 is 0 Å². The van der Waals surface area contributed by atoms with Crippen LogP contribution in [0.2, 0.25) is 0 Å². The van der Waals surface area contributed by atoms with Gasteiger partial charge in [-0.3, -0.25) is 9.78 Å². The first kappa shape index (κ1) is 20.1. The van der Waals surface area contributed by atoms with Gasteiger partial charge in [-0.25, -0.2) is 0 Å².